The van der Waals surface area contributed by atoms with Crippen molar-refractivity contribution in [2.24, 2.45) is 0 Å². The average molecular weight is 106 g/mol. The minimum Gasteiger partial charge on any atom is -0.429 e. The van der Waals surface area contributed by atoms with Crippen LogP contribution in [0.4, 0.5) is 0 Å². The van der Waals surface area contributed by atoms with Crippen molar-refractivity contribution in [2.75, 3.05) is 0 Å². The molecule has 0 saturated carbocycles. The molecule has 0 fully saturated rings. The summed E-state index contributed by atoms with van der Waals surface area (Å²) >= 11 is 0. The molecule has 1 radical (unpaired) electrons. The molecular formula is C4H5NNaO. The molecule has 1 aromatic rings. The van der Waals surface area contributed by atoms with E-state index in [9.17, 15) is 0 Å². The number of rotatable bonds is 0. The third-order valence-electron chi connectivity index (χ3n) is 0.589. The van der Waals surface area contributed by atoms with Gasteiger partial charge in [0.05, 0.1) is 0 Å². The summed E-state index contributed by atoms with van der Waals surface area (Å²) < 4.78 is 1.00. The van der Waals surface area contributed by atoms with Gasteiger partial charge in [-0.25, -0.2) is 4.73 Å². The van der Waals surface area contributed by atoms with Crippen LogP contribution in [0.2, 0.25) is 0 Å². The van der Waals surface area contributed by atoms with E-state index in [0.29, 0.717) is 0 Å². The molecule has 0 bridgehead atoms. The first-order valence-corrected chi connectivity index (χ1v) is 1.72. The minimum atomic E-state index is 0. The molecule has 0 saturated heterocycles. The molecule has 7 heavy (non-hydrogen) atoms. The number of nitrogens with zero attached hydrogens (tertiary/aromatic N) is 1. The zero-order valence-electron chi connectivity index (χ0n) is 4.20. The molecule has 33 valence electrons. The Morgan fingerprint density at radius 1 is 1.14 bits per heavy atom. The van der Waals surface area contributed by atoms with Crippen LogP contribution >= 0.6 is 0 Å². The molecule has 0 aliphatic rings. The smallest absolute Gasteiger partial charge is 0.0432 e. The van der Waals surface area contributed by atoms with Crippen LogP contribution in [0.15, 0.2) is 24.5 Å². The Balaban J connectivity index is 0.000000360. The Morgan fingerprint density at radius 2 is 1.57 bits per heavy atom. The molecule has 0 unspecified atom stereocenters. The Morgan fingerprint density at radius 3 is 1.71 bits per heavy atom. The molecule has 1 aromatic heterocycles. The van der Waals surface area contributed by atoms with E-state index in [0.717, 1.165) is 4.73 Å². The Bertz CT molecular complexity index is 115. The van der Waals surface area contributed by atoms with Crippen LogP contribution in [0.3, 0.4) is 0 Å². The van der Waals surface area contributed by atoms with Gasteiger partial charge in [-0.05, 0) is 12.1 Å². The topological polar surface area (TPSA) is 25.2 Å². The summed E-state index contributed by atoms with van der Waals surface area (Å²) in [5.41, 5.74) is 0. The van der Waals surface area contributed by atoms with Gasteiger partial charge < -0.3 is 5.21 Å². The van der Waals surface area contributed by atoms with E-state index in [1.54, 1.807) is 24.5 Å². The summed E-state index contributed by atoms with van der Waals surface area (Å²) in [5.74, 6) is 0. The molecule has 0 aliphatic heterocycles. The van der Waals surface area contributed by atoms with E-state index >= 15 is 0 Å². The van der Waals surface area contributed by atoms with Gasteiger partial charge in [0, 0.05) is 42.0 Å². The van der Waals surface area contributed by atoms with Crippen molar-refractivity contribution >= 4 is 29.6 Å². The standard InChI is InChI=1S/C4H5NO.Na/c6-5-3-1-2-4-5;/h1-4,6H;. The van der Waals surface area contributed by atoms with Crippen LogP contribution in [-0.4, -0.2) is 39.5 Å². The zero-order valence-corrected chi connectivity index (χ0v) is 6.20. The van der Waals surface area contributed by atoms with Gasteiger partial charge in [0.15, 0.2) is 0 Å². The summed E-state index contributed by atoms with van der Waals surface area (Å²) in [6.07, 6.45) is 3.11. The van der Waals surface area contributed by atoms with Gasteiger partial charge >= 0.3 is 0 Å². The quantitative estimate of drug-likeness (QED) is 0.374. The van der Waals surface area contributed by atoms with Crippen molar-refractivity contribution in [1.82, 2.24) is 4.73 Å². The summed E-state index contributed by atoms with van der Waals surface area (Å²) in [5, 5.41) is 8.39. The number of hydrogen-bond donors (Lipinski definition) is 1. The molecule has 0 atom stereocenters. The van der Waals surface area contributed by atoms with Crippen LogP contribution in [-0.2, 0) is 0 Å². The van der Waals surface area contributed by atoms with E-state index in [4.69, 9.17) is 5.21 Å². The summed E-state index contributed by atoms with van der Waals surface area (Å²) in [7, 11) is 0. The molecule has 0 amide bonds. The molecule has 2 nitrogen and oxygen atoms in total. The maximum atomic E-state index is 8.39. The maximum Gasteiger partial charge on any atom is 0.0432 e. The van der Waals surface area contributed by atoms with Crippen molar-refractivity contribution in [2.45, 2.75) is 0 Å². The van der Waals surface area contributed by atoms with Crippen molar-refractivity contribution in [3.8, 4) is 0 Å². The first-order valence-electron chi connectivity index (χ1n) is 1.72. The van der Waals surface area contributed by atoms with Crippen LogP contribution in [0.25, 0.3) is 0 Å². The average Bonchev–Trinajstić information content (AvgIpc) is 1.86. The van der Waals surface area contributed by atoms with Crippen LogP contribution in [0.1, 0.15) is 0 Å². The first kappa shape index (κ1) is 7.08. The molecule has 0 aliphatic carbocycles. The summed E-state index contributed by atoms with van der Waals surface area (Å²) in [6, 6.07) is 3.50. The molecule has 0 aromatic carbocycles. The fraction of sp³-hybridized carbons (Fsp3) is 0. The van der Waals surface area contributed by atoms with Gasteiger partial charge in [-0.15, -0.1) is 0 Å². The minimum absolute atomic E-state index is 0. The van der Waals surface area contributed by atoms with E-state index in [2.05, 4.69) is 0 Å². The van der Waals surface area contributed by atoms with Gasteiger partial charge in [-0.1, -0.05) is 0 Å². The Labute approximate surface area is 64.0 Å². The zero-order chi connectivity index (χ0) is 4.41. The molecule has 0 spiro atoms. The predicted molar refractivity (Wildman–Crippen MR) is 27.4 cm³/mol. The molecule has 1 heterocycles. The maximum absolute atomic E-state index is 8.39. The molecule has 3 heteroatoms. The van der Waals surface area contributed by atoms with E-state index in [1.165, 1.54) is 0 Å². The monoisotopic (exact) mass is 106 g/mol. The fourth-order valence-electron chi connectivity index (χ4n) is 0.325. The fourth-order valence-corrected chi connectivity index (χ4v) is 0.325. The second-order valence-electron chi connectivity index (χ2n) is 1.06. The first-order chi connectivity index (χ1) is 2.89. The van der Waals surface area contributed by atoms with Gasteiger partial charge in [0.2, 0.25) is 0 Å². The third-order valence-corrected chi connectivity index (χ3v) is 0.589. The summed E-state index contributed by atoms with van der Waals surface area (Å²) in [4.78, 5) is 0. The largest absolute Gasteiger partial charge is 0.429 e. The van der Waals surface area contributed by atoms with Gasteiger partial charge in [0.1, 0.15) is 0 Å². The van der Waals surface area contributed by atoms with Crippen molar-refractivity contribution < 1.29 is 5.21 Å². The second kappa shape index (κ2) is 3.13. The normalized spacial score (nSPS) is 7.43. The van der Waals surface area contributed by atoms with E-state index in [1.807, 2.05) is 0 Å². The predicted octanol–water partition coefficient (Wildman–Crippen LogP) is 0.345. The Hall–Kier alpha value is 0.0800. The molecular weight excluding hydrogens is 101 g/mol. The Kier molecular flexibility index (Phi) is 3.17. The third kappa shape index (κ3) is 2.02. The van der Waals surface area contributed by atoms with E-state index in [-0.39, 0.29) is 29.6 Å². The number of hydrogen-bond acceptors (Lipinski definition) is 1. The molecule has 1 N–H and O–H groups in total. The van der Waals surface area contributed by atoms with Crippen molar-refractivity contribution in [1.29, 1.82) is 0 Å². The van der Waals surface area contributed by atoms with Crippen molar-refractivity contribution in [3.63, 3.8) is 0 Å². The molecule has 1 rings (SSSR count). The van der Waals surface area contributed by atoms with Gasteiger partial charge in [0.25, 0.3) is 0 Å². The summed E-state index contributed by atoms with van der Waals surface area (Å²) in [6.45, 7) is 0. The van der Waals surface area contributed by atoms with Gasteiger partial charge in [-0.2, -0.15) is 0 Å². The number of aromatic nitrogens is 1. The van der Waals surface area contributed by atoms with Crippen LogP contribution < -0.4 is 0 Å². The van der Waals surface area contributed by atoms with E-state index < -0.39 is 0 Å². The van der Waals surface area contributed by atoms with Gasteiger partial charge in [-0.3, -0.25) is 0 Å². The SMILES string of the molecule is On1cccc1.[Na]. The van der Waals surface area contributed by atoms with Crippen LogP contribution in [0, 0.1) is 0 Å². The second-order valence-corrected chi connectivity index (χ2v) is 1.06. The van der Waals surface area contributed by atoms with Crippen molar-refractivity contribution in [3.05, 3.63) is 24.5 Å². The van der Waals surface area contributed by atoms with Crippen LogP contribution in [0.5, 0.6) is 0 Å².